The Balaban J connectivity index is 1.78. The molecule has 4 nitrogen and oxygen atoms in total. The fraction of sp³-hybridized carbons (Fsp3) is 0.200. The van der Waals surface area contributed by atoms with Crippen molar-refractivity contribution in [1.82, 2.24) is 18.9 Å². The molecule has 0 bridgehead atoms. The van der Waals surface area contributed by atoms with Crippen LogP contribution in [-0.4, -0.2) is 18.9 Å². The number of hydrogen-bond acceptors (Lipinski definition) is 3. The van der Waals surface area contributed by atoms with E-state index in [9.17, 15) is 0 Å². The number of aromatic nitrogens is 4. The van der Waals surface area contributed by atoms with E-state index in [0.29, 0.717) is 0 Å². The number of nitrogens with zero attached hydrogens (tertiary/aromatic N) is 4. The third kappa shape index (κ3) is 1.74. The molecule has 1 aromatic carbocycles. The molecule has 0 fully saturated rings. The summed E-state index contributed by atoms with van der Waals surface area (Å²) in [6.45, 7) is 5.02. The van der Waals surface area contributed by atoms with Crippen molar-refractivity contribution in [3.63, 3.8) is 0 Å². The van der Waals surface area contributed by atoms with Crippen molar-refractivity contribution in [3.8, 4) is 0 Å². The van der Waals surface area contributed by atoms with Crippen LogP contribution in [0.5, 0.6) is 0 Å². The van der Waals surface area contributed by atoms with Gasteiger partial charge in [0.25, 0.3) is 0 Å². The van der Waals surface area contributed by atoms with Gasteiger partial charge in [0.15, 0.2) is 4.96 Å². The van der Waals surface area contributed by atoms with Crippen LogP contribution < -0.4 is 0 Å². The molecule has 0 atom stereocenters. The summed E-state index contributed by atoms with van der Waals surface area (Å²) in [5.74, 6) is 0. The van der Waals surface area contributed by atoms with E-state index < -0.39 is 0 Å². The molecule has 0 amide bonds. The molecule has 0 aliphatic heterocycles. The summed E-state index contributed by atoms with van der Waals surface area (Å²) in [4.78, 5) is 10.2. The highest BCUT2D eigenvalue weighted by Crippen LogP contribution is 2.20. The Labute approximate surface area is 120 Å². The molecule has 0 saturated heterocycles. The van der Waals surface area contributed by atoms with Crippen molar-refractivity contribution >= 4 is 27.3 Å². The molecule has 0 saturated carbocycles. The van der Waals surface area contributed by atoms with Crippen LogP contribution in [0, 0.1) is 13.8 Å². The van der Waals surface area contributed by atoms with Gasteiger partial charge >= 0.3 is 0 Å². The lowest BCUT2D eigenvalue weighted by atomic mass is 10.1. The first-order valence-corrected chi connectivity index (χ1v) is 7.42. The Kier molecular flexibility index (Phi) is 2.44. The maximum absolute atomic E-state index is 4.63. The monoisotopic (exact) mass is 282 g/mol. The lowest BCUT2D eigenvalue weighted by molar-refractivity contribution is 0.804. The minimum absolute atomic E-state index is 0.757. The van der Waals surface area contributed by atoms with Gasteiger partial charge in [-0.3, -0.25) is 4.40 Å². The Morgan fingerprint density at radius 2 is 2.05 bits per heavy atom. The van der Waals surface area contributed by atoms with Gasteiger partial charge in [-0.2, -0.15) is 0 Å². The summed E-state index contributed by atoms with van der Waals surface area (Å²) in [5, 5.41) is 2.05. The minimum Gasteiger partial charge on any atom is -0.324 e. The second kappa shape index (κ2) is 4.18. The van der Waals surface area contributed by atoms with Gasteiger partial charge in [-0.25, -0.2) is 9.97 Å². The molecule has 3 heterocycles. The van der Waals surface area contributed by atoms with Gasteiger partial charge in [0.05, 0.1) is 29.6 Å². The highest BCUT2D eigenvalue weighted by atomic mass is 32.1. The van der Waals surface area contributed by atoms with E-state index >= 15 is 0 Å². The first-order chi connectivity index (χ1) is 9.70. The highest BCUT2D eigenvalue weighted by molar-refractivity contribution is 7.15. The minimum atomic E-state index is 0.757. The molecule has 4 rings (SSSR count). The van der Waals surface area contributed by atoms with Crippen LogP contribution >= 0.6 is 11.3 Å². The third-order valence-electron chi connectivity index (χ3n) is 3.71. The number of thiazole rings is 1. The van der Waals surface area contributed by atoms with Gasteiger partial charge in [-0.1, -0.05) is 0 Å². The zero-order valence-corrected chi connectivity index (χ0v) is 12.2. The van der Waals surface area contributed by atoms with Gasteiger partial charge in [-0.15, -0.1) is 11.3 Å². The smallest absolute Gasteiger partial charge is 0.193 e. The zero-order valence-electron chi connectivity index (χ0n) is 11.4. The summed E-state index contributed by atoms with van der Waals surface area (Å²) in [6.07, 6.45) is 6.02. The van der Waals surface area contributed by atoms with E-state index in [-0.39, 0.29) is 0 Å². The van der Waals surface area contributed by atoms with E-state index in [1.54, 1.807) is 11.3 Å². The molecule has 5 heteroatoms. The molecule has 0 radical (unpaired) electrons. The van der Waals surface area contributed by atoms with E-state index in [1.165, 1.54) is 16.6 Å². The number of fused-ring (bicyclic) bond motifs is 2. The largest absolute Gasteiger partial charge is 0.324 e. The molecule has 3 aromatic heterocycles. The quantitative estimate of drug-likeness (QED) is 0.565. The molecule has 0 aliphatic rings. The fourth-order valence-electron chi connectivity index (χ4n) is 2.47. The van der Waals surface area contributed by atoms with Gasteiger partial charge in [0, 0.05) is 17.8 Å². The summed E-state index contributed by atoms with van der Waals surface area (Å²) >= 11 is 1.66. The van der Waals surface area contributed by atoms with Crippen LogP contribution in [0.15, 0.2) is 36.2 Å². The molecule has 100 valence electrons. The van der Waals surface area contributed by atoms with Crippen LogP contribution in [0.25, 0.3) is 16.0 Å². The number of imidazole rings is 2. The maximum Gasteiger partial charge on any atom is 0.193 e. The van der Waals surface area contributed by atoms with Crippen molar-refractivity contribution in [2.75, 3.05) is 0 Å². The Bertz CT molecular complexity index is 884. The first kappa shape index (κ1) is 11.7. The summed E-state index contributed by atoms with van der Waals surface area (Å²) in [7, 11) is 0. The summed E-state index contributed by atoms with van der Waals surface area (Å²) in [6, 6.07) is 4.35. The summed E-state index contributed by atoms with van der Waals surface area (Å²) < 4.78 is 4.22. The van der Waals surface area contributed by atoms with E-state index in [2.05, 4.69) is 51.1 Å². The number of hydrogen-bond donors (Lipinski definition) is 0. The predicted octanol–water partition coefficient (Wildman–Crippen LogP) is 3.41. The van der Waals surface area contributed by atoms with Crippen molar-refractivity contribution in [1.29, 1.82) is 0 Å². The van der Waals surface area contributed by atoms with Crippen molar-refractivity contribution in [3.05, 3.63) is 53.1 Å². The van der Waals surface area contributed by atoms with Gasteiger partial charge in [0.2, 0.25) is 0 Å². The maximum atomic E-state index is 4.63. The molecule has 20 heavy (non-hydrogen) atoms. The first-order valence-electron chi connectivity index (χ1n) is 6.54. The van der Waals surface area contributed by atoms with Gasteiger partial charge < -0.3 is 4.57 Å². The zero-order chi connectivity index (χ0) is 13.7. The Morgan fingerprint density at radius 3 is 2.90 bits per heavy atom. The summed E-state index contributed by atoms with van der Waals surface area (Å²) in [5.41, 5.74) is 5.86. The molecule has 4 aromatic rings. The van der Waals surface area contributed by atoms with Gasteiger partial charge in [-0.05, 0) is 37.1 Å². The van der Waals surface area contributed by atoms with E-state index in [4.69, 9.17) is 0 Å². The van der Waals surface area contributed by atoms with Crippen molar-refractivity contribution in [2.24, 2.45) is 0 Å². The van der Waals surface area contributed by atoms with Crippen molar-refractivity contribution in [2.45, 2.75) is 20.4 Å². The third-order valence-corrected chi connectivity index (χ3v) is 4.48. The lowest BCUT2D eigenvalue weighted by Crippen LogP contribution is -1.98. The molecule has 0 N–H and O–H groups in total. The molecule has 0 aliphatic carbocycles. The Morgan fingerprint density at radius 1 is 1.20 bits per heavy atom. The van der Waals surface area contributed by atoms with E-state index in [0.717, 1.165) is 22.7 Å². The van der Waals surface area contributed by atoms with Crippen LogP contribution in [0.4, 0.5) is 0 Å². The number of benzene rings is 1. The van der Waals surface area contributed by atoms with Crippen LogP contribution in [-0.2, 0) is 6.54 Å². The van der Waals surface area contributed by atoms with Crippen LogP contribution in [0.2, 0.25) is 0 Å². The Hall–Kier alpha value is -2.14. The standard InChI is InChI=1S/C15H14N4S/c1-10-5-13-14(6-11(10)2)19(9-16-13)8-12-7-18-3-4-20-15(18)17-12/h3-7,9H,8H2,1-2H3. The van der Waals surface area contributed by atoms with E-state index in [1.807, 2.05) is 17.9 Å². The normalized spacial score (nSPS) is 11.7. The molecular formula is C15H14N4S. The second-order valence-corrected chi connectivity index (χ2v) is 6.00. The predicted molar refractivity (Wildman–Crippen MR) is 81.4 cm³/mol. The molecule has 0 unspecified atom stereocenters. The van der Waals surface area contributed by atoms with Gasteiger partial charge in [0.1, 0.15) is 0 Å². The number of rotatable bonds is 2. The average Bonchev–Trinajstić information content (AvgIpc) is 3.07. The topological polar surface area (TPSA) is 35.1 Å². The van der Waals surface area contributed by atoms with Crippen molar-refractivity contribution < 1.29 is 0 Å². The SMILES string of the molecule is Cc1cc2ncn(Cc3cn4ccsc4n3)c2cc1C. The fourth-order valence-corrected chi connectivity index (χ4v) is 3.18. The molecule has 0 spiro atoms. The van der Waals surface area contributed by atoms with Crippen LogP contribution in [0.1, 0.15) is 16.8 Å². The van der Waals surface area contributed by atoms with Crippen LogP contribution in [0.3, 0.4) is 0 Å². The highest BCUT2D eigenvalue weighted by Gasteiger charge is 2.08. The second-order valence-electron chi connectivity index (χ2n) is 5.12. The average molecular weight is 282 g/mol. The number of aryl methyl sites for hydroxylation is 2. The lowest BCUT2D eigenvalue weighted by Gasteiger charge is -2.04. The molecular weight excluding hydrogens is 268 g/mol.